The molecule has 28 heavy (non-hydrogen) atoms. The lowest BCUT2D eigenvalue weighted by Gasteiger charge is -2.24. The van der Waals surface area contributed by atoms with Gasteiger partial charge in [-0.1, -0.05) is 60.7 Å². The molecule has 0 unspecified atom stereocenters. The summed E-state index contributed by atoms with van der Waals surface area (Å²) in [6.45, 7) is 2.58. The Hall–Kier alpha value is -3.11. The highest BCUT2D eigenvalue weighted by Gasteiger charge is 2.19. The minimum Gasteiger partial charge on any atom is -0.497 e. The molecule has 0 aliphatic rings. The molecule has 0 radical (unpaired) electrons. The Balaban J connectivity index is 1.71. The second-order valence-electron chi connectivity index (χ2n) is 6.84. The summed E-state index contributed by atoms with van der Waals surface area (Å²) in [6.07, 6.45) is 0. The van der Waals surface area contributed by atoms with Crippen molar-refractivity contribution in [3.05, 3.63) is 84.4 Å². The summed E-state index contributed by atoms with van der Waals surface area (Å²) in [5.74, 6) is 0.786. The minimum atomic E-state index is -0.282. The van der Waals surface area contributed by atoms with Crippen LogP contribution in [0.3, 0.4) is 0 Å². The lowest BCUT2D eigenvalue weighted by atomic mass is 10.0. The number of amides is 1. The lowest BCUT2D eigenvalue weighted by molar-refractivity contribution is -0.120. The Morgan fingerprint density at radius 1 is 1.00 bits per heavy atom. The molecule has 144 valence electrons. The molecule has 0 fully saturated rings. The van der Waals surface area contributed by atoms with Gasteiger partial charge in [0.2, 0.25) is 5.91 Å². The van der Waals surface area contributed by atoms with Gasteiger partial charge in [0, 0.05) is 17.8 Å². The highest BCUT2D eigenvalue weighted by molar-refractivity contribution is 5.98. The molecule has 0 aromatic heterocycles. The number of ether oxygens (including phenoxy) is 1. The smallest absolute Gasteiger partial charge is 0.241 e. The third kappa shape index (κ3) is 4.78. The van der Waals surface area contributed by atoms with Crippen LogP contribution in [-0.4, -0.2) is 31.0 Å². The molecule has 0 heterocycles. The third-order valence-electron chi connectivity index (χ3n) is 4.88. The molecular weight excluding hydrogens is 348 g/mol. The number of carbonyl (C=O) groups is 1. The number of hydrogen-bond acceptors (Lipinski definition) is 3. The largest absolute Gasteiger partial charge is 0.497 e. The van der Waals surface area contributed by atoms with E-state index in [0.29, 0.717) is 6.54 Å². The van der Waals surface area contributed by atoms with E-state index in [1.165, 1.54) is 0 Å². The predicted molar refractivity (Wildman–Crippen MR) is 114 cm³/mol. The van der Waals surface area contributed by atoms with E-state index in [1.807, 2.05) is 97.7 Å². The SMILES string of the molecule is COc1cccc(CN(C)[C@@H](C)C(=O)Nc2ccccc2-c2ccccc2)c1. The van der Waals surface area contributed by atoms with Crippen LogP contribution in [0.25, 0.3) is 11.1 Å². The van der Waals surface area contributed by atoms with Crippen LogP contribution in [0.2, 0.25) is 0 Å². The van der Waals surface area contributed by atoms with E-state index in [-0.39, 0.29) is 11.9 Å². The van der Waals surface area contributed by atoms with Crippen LogP contribution >= 0.6 is 0 Å². The molecule has 3 aromatic rings. The van der Waals surface area contributed by atoms with Crippen molar-refractivity contribution < 1.29 is 9.53 Å². The van der Waals surface area contributed by atoms with Crippen molar-refractivity contribution in [1.82, 2.24) is 4.90 Å². The average Bonchev–Trinajstić information content (AvgIpc) is 2.74. The highest BCUT2D eigenvalue weighted by atomic mass is 16.5. The first-order valence-electron chi connectivity index (χ1n) is 9.37. The predicted octanol–water partition coefficient (Wildman–Crippen LogP) is 4.82. The van der Waals surface area contributed by atoms with Gasteiger partial charge in [0.05, 0.1) is 13.2 Å². The maximum Gasteiger partial charge on any atom is 0.241 e. The first-order chi connectivity index (χ1) is 13.6. The summed E-state index contributed by atoms with van der Waals surface area (Å²) >= 11 is 0. The van der Waals surface area contributed by atoms with Crippen LogP contribution in [0.15, 0.2) is 78.9 Å². The quantitative estimate of drug-likeness (QED) is 0.645. The van der Waals surface area contributed by atoms with Gasteiger partial charge >= 0.3 is 0 Å². The summed E-state index contributed by atoms with van der Waals surface area (Å²) in [4.78, 5) is 14.9. The normalized spacial score (nSPS) is 11.9. The highest BCUT2D eigenvalue weighted by Crippen LogP contribution is 2.27. The van der Waals surface area contributed by atoms with Gasteiger partial charge in [0.25, 0.3) is 0 Å². The molecule has 0 aliphatic heterocycles. The fraction of sp³-hybridized carbons (Fsp3) is 0.208. The summed E-state index contributed by atoms with van der Waals surface area (Å²) in [7, 11) is 3.61. The van der Waals surface area contributed by atoms with Crippen molar-refractivity contribution in [3.63, 3.8) is 0 Å². The fourth-order valence-electron chi connectivity index (χ4n) is 3.09. The number of rotatable bonds is 7. The van der Waals surface area contributed by atoms with E-state index in [9.17, 15) is 4.79 Å². The molecule has 0 aliphatic carbocycles. The van der Waals surface area contributed by atoms with E-state index in [2.05, 4.69) is 5.32 Å². The molecule has 0 spiro atoms. The Labute approximate surface area is 166 Å². The van der Waals surface area contributed by atoms with Crippen molar-refractivity contribution in [2.24, 2.45) is 0 Å². The Bertz CT molecular complexity index is 925. The Morgan fingerprint density at radius 2 is 1.71 bits per heavy atom. The standard InChI is InChI=1S/C24H26N2O2/c1-18(26(2)17-19-10-9-13-21(16-19)28-3)24(27)25-23-15-8-7-14-22(23)20-11-5-4-6-12-20/h4-16,18H,17H2,1-3H3,(H,25,27)/t18-/m0/s1. The first-order valence-corrected chi connectivity index (χ1v) is 9.37. The van der Waals surface area contributed by atoms with Gasteiger partial charge in [-0.05, 0) is 43.3 Å². The first kappa shape index (κ1) is 19.6. The van der Waals surface area contributed by atoms with Gasteiger partial charge in [-0.25, -0.2) is 0 Å². The molecule has 4 heteroatoms. The van der Waals surface area contributed by atoms with E-state index in [4.69, 9.17) is 4.74 Å². The van der Waals surface area contributed by atoms with Crippen LogP contribution in [0, 0.1) is 0 Å². The van der Waals surface area contributed by atoms with Gasteiger partial charge in [-0.15, -0.1) is 0 Å². The summed E-state index contributed by atoms with van der Waals surface area (Å²) in [5, 5.41) is 3.09. The summed E-state index contributed by atoms with van der Waals surface area (Å²) in [5.41, 5.74) is 4.02. The van der Waals surface area contributed by atoms with E-state index in [0.717, 1.165) is 28.1 Å². The molecule has 0 saturated carbocycles. The van der Waals surface area contributed by atoms with E-state index < -0.39 is 0 Å². The molecule has 1 atom stereocenters. The van der Waals surface area contributed by atoms with E-state index in [1.54, 1.807) is 7.11 Å². The maximum atomic E-state index is 12.9. The van der Waals surface area contributed by atoms with Gasteiger partial charge < -0.3 is 10.1 Å². The number of anilines is 1. The second-order valence-corrected chi connectivity index (χ2v) is 6.84. The van der Waals surface area contributed by atoms with Gasteiger partial charge in [-0.3, -0.25) is 9.69 Å². The van der Waals surface area contributed by atoms with Gasteiger partial charge in [0.1, 0.15) is 5.75 Å². The number of hydrogen-bond donors (Lipinski definition) is 1. The molecule has 4 nitrogen and oxygen atoms in total. The topological polar surface area (TPSA) is 41.6 Å². The van der Waals surface area contributed by atoms with Crippen molar-refractivity contribution in [2.75, 3.05) is 19.5 Å². The number of nitrogens with one attached hydrogen (secondary N) is 1. The van der Waals surface area contributed by atoms with Crippen LogP contribution < -0.4 is 10.1 Å². The molecule has 0 saturated heterocycles. The zero-order valence-corrected chi connectivity index (χ0v) is 16.6. The summed E-state index contributed by atoms with van der Waals surface area (Å²) < 4.78 is 5.28. The van der Waals surface area contributed by atoms with Crippen molar-refractivity contribution in [1.29, 1.82) is 0 Å². The lowest BCUT2D eigenvalue weighted by Crippen LogP contribution is -2.39. The minimum absolute atomic E-state index is 0.0335. The number of benzene rings is 3. The van der Waals surface area contributed by atoms with Gasteiger partial charge in [-0.2, -0.15) is 0 Å². The van der Waals surface area contributed by atoms with Crippen LogP contribution in [0.4, 0.5) is 5.69 Å². The monoisotopic (exact) mass is 374 g/mol. The number of carbonyl (C=O) groups excluding carboxylic acids is 1. The van der Waals surface area contributed by atoms with Crippen LogP contribution in [0.5, 0.6) is 5.75 Å². The molecule has 3 aromatic carbocycles. The Kier molecular flexibility index (Phi) is 6.45. The molecule has 3 rings (SSSR count). The molecular formula is C24H26N2O2. The number of nitrogens with zero attached hydrogens (tertiary/aromatic N) is 1. The van der Waals surface area contributed by atoms with Crippen molar-refractivity contribution in [2.45, 2.75) is 19.5 Å². The zero-order chi connectivity index (χ0) is 19.9. The van der Waals surface area contributed by atoms with Crippen LogP contribution in [-0.2, 0) is 11.3 Å². The van der Waals surface area contributed by atoms with Crippen molar-refractivity contribution >= 4 is 11.6 Å². The van der Waals surface area contributed by atoms with Gasteiger partial charge in [0.15, 0.2) is 0 Å². The Morgan fingerprint density at radius 3 is 2.46 bits per heavy atom. The molecule has 0 bridgehead atoms. The van der Waals surface area contributed by atoms with Crippen molar-refractivity contribution in [3.8, 4) is 16.9 Å². The number of methoxy groups -OCH3 is 1. The molecule has 1 amide bonds. The third-order valence-corrected chi connectivity index (χ3v) is 4.88. The second kappa shape index (κ2) is 9.20. The maximum absolute atomic E-state index is 12.9. The summed E-state index contributed by atoms with van der Waals surface area (Å²) in [6, 6.07) is 25.6. The van der Waals surface area contributed by atoms with Crippen LogP contribution in [0.1, 0.15) is 12.5 Å². The fourth-order valence-corrected chi connectivity index (χ4v) is 3.09. The molecule has 1 N–H and O–H groups in total. The van der Waals surface area contributed by atoms with E-state index >= 15 is 0 Å². The average molecular weight is 374 g/mol. The zero-order valence-electron chi connectivity index (χ0n) is 16.6. The number of para-hydroxylation sites is 1. The number of likely N-dealkylation sites (N-methyl/N-ethyl adjacent to an activating group) is 1.